The third-order valence-electron chi connectivity index (χ3n) is 5.56. The van der Waals surface area contributed by atoms with Crippen molar-refractivity contribution in [2.75, 3.05) is 6.54 Å². The van der Waals surface area contributed by atoms with Crippen LogP contribution in [0.4, 0.5) is 0 Å². The second-order valence-electron chi connectivity index (χ2n) is 7.05. The number of rotatable bonds is 5. The summed E-state index contributed by atoms with van der Waals surface area (Å²) >= 11 is 0. The van der Waals surface area contributed by atoms with Crippen molar-refractivity contribution in [2.24, 2.45) is 11.8 Å². The summed E-state index contributed by atoms with van der Waals surface area (Å²) in [5.74, 6) is 1.95. The first-order chi connectivity index (χ1) is 9.14. The molecule has 1 amide bonds. The summed E-state index contributed by atoms with van der Waals surface area (Å²) in [4.78, 5) is 14.9. The summed E-state index contributed by atoms with van der Waals surface area (Å²) in [7, 11) is 0. The Bertz CT molecular complexity index is 347. The van der Waals surface area contributed by atoms with Crippen LogP contribution in [-0.2, 0) is 4.79 Å². The van der Waals surface area contributed by atoms with Crippen LogP contribution >= 0.6 is 0 Å². The van der Waals surface area contributed by atoms with Gasteiger partial charge in [0.2, 0.25) is 5.91 Å². The molecule has 0 aromatic carbocycles. The van der Waals surface area contributed by atoms with Gasteiger partial charge in [0.05, 0.1) is 11.7 Å². The van der Waals surface area contributed by atoms with E-state index in [1.54, 1.807) is 0 Å². The van der Waals surface area contributed by atoms with Crippen LogP contribution < -0.4 is 5.32 Å². The SMILES string of the molecule is CCC1(C)NC(C2CCCC2)N(CCC2CC2)C1=O. The van der Waals surface area contributed by atoms with Gasteiger partial charge >= 0.3 is 0 Å². The Kier molecular flexibility index (Phi) is 3.59. The first kappa shape index (κ1) is 13.4. The highest BCUT2D eigenvalue weighted by atomic mass is 16.2. The van der Waals surface area contributed by atoms with Crippen LogP contribution in [0.5, 0.6) is 0 Å². The zero-order valence-corrected chi connectivity index (χ0v) is 12.5. The second kappa shape index (κ2) is 5.08. The smallest absolute Gasteiger partial charge is 0.243 e. The van der Waals surface area contributed by atoms with E-state index in [0.29, 0.717) is 18.0 Å². The van der Waals surface area contributed by atoms with Gasteiger partial charge in [-0.3, -0.25) is 10.1 Å². The quantitative estimate of drug-likeness (QED) is 0.828. The van der Waals surface area contributed by atoms with Crippen molar-refractivity contribution in [3.8, 4) is 0 Å². The fourth-order valence-electron chi connectivity index (χ4n) is 3.78. The lowest BCUT2D eigenvalue weighted by molar-refractivity contribution is -0.133. The Hall–Kier alpha value is -0.570. The minimum atomic E-state index is -0.309. The van der Waals surface area contributed by atoms with Gasteiger partial charge in [-0.2, -0.15) is 0 Å². The van der Waals surface area contributed by atoms with Crippen LogP contribution in [0.25, 0.3) is 0 Å². The van der Waals surface area contributed by atoms with Crippen LogP contribution in [0.2, 0.25) is 0 Å². The molecule has 3 aliphatic rings. The van der Waals surface area contributed by atoms with Gasteiger partial charge in [-0.1, -0.05) is 32.6 Å². The van der Waals surface area contributed by atoms with E-state index in [-0.39, 0.29) is 5.54 Å². The second-order valence-corrected chi connectivity index (χ2v) is 7.05. The van der Waals surface area contributed by atoms with Crippen LogP contribution in [0.15, 0.2) is 0 Å². The third-order valence-corrected chi connectivity index (χ3v) is 5.56. The molecule has 3 heteroatoms. The topological polar surface area (TPSA) is 32.3 Å². The lowest BCUT2D eigenvalue weighted by Gasteiger charge is -2.29. The highest BCUT2D eigenvalue weighted by Crippen LogP contribution is 2.37. The molecule has 19 heavy (non-hydrogen) atoms. The Morgan fingerprint density at radius 3 is 2.53 bits per heavy atom. The van der Waals surface area contributed by atoms with E-state index in [2.05, 4.69) is 24.1 Å². The van der Waals surface area contributed by atoms with Gasteiger partial charge in [-0.05, 0) is 44.4 Å². The molecule has 2 unspecified atom stereocenters. The van der Waals surface area contributed by atoms with E-state index in [0.717, 1.165) is 18.9 Å². The van der Waals surface area contributed by atoms with Gasteiger partial charge in [0.15, 0.2) is 0 Å². The molecule has 0 bridgehead atoms. The molecule has 1 N–H and O–H groups in total. The van der Waals surface area contributed by atoms with Crippen molar-refractivity contribution in [1.29, 1.82) is 0 Å². The Labute approximate surface area is 117 Å². The number of hydrogen-bond acceptors (Lipinski definition) is 2. The minimum Gasteiger partial charge on any atom is -0.325 e. The molecule has 0 aromatic heterocycles. The molecule has 2 atom stereocenters. The molecule has 0 spiro atoms. The molecule has 1 heterocycles. The van der Waals surface area contributed by atoms with Crippen LogP contribution in [0.1, 0.15) is 65.2 Å². The molecular weight excluding hydrogens is 236 g/mol. The lowest BCUT2D eigenvalue weighted by Crippen LogP contribution is -2.45. The average Bonchev–Trinajstić information content (AvgIpc) is 3.00. The highest BCUT2D eigenvalue weighted by Gasteiger charge is 2.49. The summed E-state index contributed by atoms with van der Waals surface area (Å²) < 4.78 is 0. The maximum Gasteiger partial charge on any atom is 0.243 e. The van der Waals surface area contributed by atoms with E-state index < -0.39 is 0 Å². The van der Waals surface area contributed by atoms with Gasteiger partial charge in [0.1, 0.15) is 0 Å². The number of nitrogens with one attached hydrogen (secondary N) is 1. The maximum absolute atomic E-state index is 12.7. The summed E-state index contributed by atoms with van der Waals surface area (Å²) in [6.45, 7) is 5.20. The summed E-state index contributed by atoms with van der Waals surface area (Å²) in [6.07, 6.45) is 10.5. The number of hydrogen-bond donors (Lipinski definition) is 1. The average molecular weight is 264 g/mol. The first-order valence-electron chi connectivity index (χ1n) is 8.23. The van der Waals surface area contributed by atoms with E-state index in [9.17, 15) is 4.79 Å². The molecular formula is C16H28N2O. The van der Waals surface area contributed by atoms with Crippen molar-refractivity contribution in [3.05, 3.63) is 0 Å². The zero-order valence-electron chi connectivity index (χ0n) is 12.5. The van der Waals surface area contributed by atoms with Crippen molar-refractivity contribution in [1.82, 2.24) is 10.2 Å². The van der Waals surface area contributed by atoms with Crippen LogP contribution in [0, 0.1) is 11.8 Å². The van der Waals surface area contributed by atoms with E-state index in [1.165, 1.54) is 44.9 Å². The molecule has 2 aliphatic carbocycles. The van der Waals surface area contributed by atoms with Gasteiger partial charge in [0.25, 0.3) is 0 Å². The van der Waals surface area contributed by atoms with Crippen LogP contribution in [0.3, 0.4) is 0 Å². The Morgan fingerprint density at radius 2 is 1.95 bits per heavy atom. The molecule has 0 radical (unpaired) electrons. The van der Waals surface area contributed by atoms with Crippen molar-refractivity contribution >= 4 is 5.91 Å². The summed E-state index contributed by atoms with van der Waals surface area (Å²) in [5.41, 5.74) is -0.309. The van der Waals surface area contributed by atoms with Gasteiger partial charge in [-0.15, -0.1) is 0 Å². The van der Waals surface area contributed by atoms with E-state index in [1.807, 2.05) is 0 Å². The predicted octanol–water partition coefficient (Wildman–Crippen LogP) is 2.90. The molecule has 3 nitrogen and oxygen atoms in total. The maximum atomic E-state index is 12.7. The van der Waals surface area contributed by atoms with E-state index >= 15 is 0 Å². The Morgan fingerprint density at radius 1 is 1.26 bits per heavy atom. The van der Waals surface area contributed by atoms with Crippen molar-refractivity contribution in [2.45, 2.75) is 76.9 Å². The zero-order chi connectivity index (χ0) is 13.5. The Balaban J connectivity index is 1.72. The number of carbonyl (C=O) groups is 1. The molecule has 3 rings (SSSR count). The molecule has 108 valence electrons. The van der Waals surface area contributed by atoms with E-state index in [4.69, 9.17) is 0 Å². The fourth-order valence-corrected chi connectivity index (χ4v) is 3.78. The van der Waals surface area contributed by atoms with Gasteiger partial charge in [0, 0.05) is 6.54 Å². The van der Waals surface area contributed by atoms with Gasteiger partial charge < -0.3 is 4.90 Å². The number of carbonyl (C=O) groups excluding carboxylic acids is 1. The summed E-state index contributed by atoms with van der Waals surface area (Å²) in [5, 5.41) is 3.68. The van der Waals surface area contributed by atoms with Crippen molar-refractivity contribution in [3.63, 3.8) is 0 Å². The third kappa shape index (κ3) is 2.54. The predicted molar refractivity (Wildman–Crippen MR) is 76.6 cm³/mol. The molecule has 0 aromatic rings. The highest BCUT2D eigenvalue weighted by molar-refractivity contribution is 5.88. The normalized spacial score (nSPS) is 36.4. The van der Waals surface area contributed by atoms with Crippen molar-refractivity contribution < 1.29 is 4.79 Å². The fraction of sp³-hybridized carbons (Fsp3) is 0.938. The largest absolute Gasteiger partial charge is 0.325 e. The minimum absolute atomic E-state index is 0.309. The van der Waals surface area contributed by atoms with Gasteiger partial charge in [-0.25, -0.2) is 0 Å². The standard InChI is InChI=1S/C16H28N2O/c1-3-16(2)15(19)18(11-10-12-8-9-12)14(17-16)13-6-4-5-7-13/h12-14,17H,3-11H2,1-2H3. The molecule has 1 aliphatic heterocycles. The monoisotopic (exact) mass is 264 g/mol. The lowest BCUT2D eigenvalue weighted by atomic mass is 9.99. The number of nitrogens with zero attached hydrogens (tertiary/aromatic N) is 1. The number of amides is 1. The molecule has 2 saturated carbocycles. The molecule has 1 saturated heterocycles. The summed E-state index contributed by atoms with van der Waals surface area (Å²) in [6, 6.07) is 0. The first-order valence-corrected chi connectivity index (χ1v) is 8.23. The van der Waals surface area contributed by atoms with Crippen LogP contribution in [-0.4, -0.2) is 29.1 Å². The molecule has 3 fully saturated rings.